The van der Waals surface area contributed by atoms with E-state index in [9.17, 15) is 9.59 Å². The Morgan fingerprint density at radius 2 is 1.47 bits per heavy atom. The smallest absolute Gasteiger partial charge is 0.257 e. The second-order valence-corrected chi connectivity index (χ2v) is 9.51. The number of aryl methyl sites for hydroxylation is 5. The van der Waals surface area contributed by atoms with Crippen molar-refractivity contribution < 1.29 is 9.59 Å². The molecule has 0 bridgehead atoms. The summed E-state index contributed by atoms with van der Waals surface area (Å²) in [5.74, 6) is -0.115. The Hall–Kier alpha value is -2.71. The number of nitrogens with zero attached hydrogens (tertiary/aromatic N) is 2. The van der Waals surface area contributed by atoms with Crippen molar-refractivity contribution in [3.05, 3.63) is 63.7 Å². The van der Waals surface area contributed by atoms with E-state index in [1.54, 1.807) is 0 Å². The zero-order valence-electron chi connectivity index (χ0n) is 17.6. The number of hydrogen-bond donors (Lipinski definition) is 2. The lowest BCUT2D eigenvalue weighted by Gasteiger charge is -2.12. The number of rotatable bonds is 6. The summed E-state index contributed by atoms with van der Waals surface area (Å²) in [6.45, 7) is 9.91. The van der Waals surface area contributed by atoms with Gasteiger partial charge in [-0.3, -0.25) is 14.9 Å². The predicted molar refractivity (Wildman–Crippen MR) is 124 cm³/mol. The second kappa shape index (κ2) is 9.40. The second-order valence-electron chi connectivity index (χ2n) is 7.31. The molecule has 156 valence electrons. The van der Waals surface area contributed by atoms with Gasteiger partial charge in [0.15, 0.2) is 4.34 Å². The molecule has 1 aromatic heterocycles. The molecule has 2 amide bonds. The Morgan fingerprint density at radius 3 is 2.10 bits per heavy atom. The van der Waals surface area contributed by atoms with Crippen molar-refractivity contribution in [2.45, 2.75) is 39.0 Å². The number of carbonyl (C=O) groups excluding carboxylic acids is 2. The summed E-state index contributed by atoms with van der Waals surface area (Å²) in [5, 5.41) is 14.2. The molecule has 2 aromatic carbocycles. The molecule has 0 saturated heterocycles. The average Bonchev–Trinajstić information content (AvgIpc) is 3.09. The van der Waals surface area contributed by atoms with Crippen LogP contribution in [0.1, 0.15) is 38.2 Å². The summed E-state index contributed by atoms with van der Waals surface area (Å²) in [4.78, 5) is 24.8. The molecule has 30 heavy (non-hydrogen) atoms. The molecular formula is C22H24N4O2S2. The van der Waals surface area contributed by atoms with Gasteiger partial charge in [-0.2, -0.15) is 0 Å². The van der Waals surface area contributed by atoms with Gasteiger partial charge in [-0.25, -0.2) is 0 Å². The highest BCUT2D eigenvalue weighted by molar-refractivity contribution is 8.01. The highest BCUT2D eigenvalue weighted by Crippen LogP contribution is 2.27. The van der Waals surface area contributed by atoms with Crippen LogP contribution in [0.3, 0.4) is 0 Å². The highest BCUT2D eigenvalue weighted by atomic mass is 32.2. The maximum atomic E-state index is 12.4. The number of thioether (sulfide) groups is 1. The van der Waals surface area contributed by atoms with Gasteiger partial charge in [0.25, 0.3) is 5.91 Å². The van der Waals surface area contributed by atoms with Crippen molar-refractivity contribution in [2.75, 3.05) is 16.4 Å². The lowest BCUT2D eigenvalue weighted by Crippen LogP contribution is -2.15. The van der Waals surface area contributed by atoms with Crippen LogP contribution in [-0.2, 0) is 4.79 Å². The average molecular weight is 441 g/mol. The molecule has 0 aliphatic heterocycles. The molecule has 2 N–H and O–H groups in total. The quantitative estimate of drug-likeness (QED) is 0.413. The van der Waals surface area contributed by atoms with Crippen molar-refractivity contribution in [1.82, 2.24) is 10.2 Å². The Bertz CT molecular complexity index is 1070. The van der Waals surface area contributed by atoms with Crippen LogP contribution in [-0.4, -0.2) is 27.8 Å². The van der Waals surface area contributed by atoms with Crippen molar-refractivity contribution >= 4 is 45.7 Å². The molecule has 1 heterocycles. The maximum Gasteiger partial charge on any atom is 0.257 e. The summed E-state index contributed by atoms with van der Waals surface area (Å²) in [6.07, 6.45) is 0. The Labute approximate surface area is 184 Å². The van der Waals surface area contributed by atoms with Gasteiger partial charge >= 0.3 is 0 Å². The molecule has 0 saturated carbocycles. The van der Waals surface area contributed by atoms with Crippen LogP contribution in [0, 0.1) is 34.6 Å². The largest absolute Gasteiger partial charge is 0.325 e. The first kappa shape index (κ1) is 22.0. The van der Waals surface area contributed by atoms with E-state index in [-0.39, 0.29) is 17.6 Å². The van der Waals surface area contributed by atoms with E-state index < -0.39 is 0 Å². The summed E-state index contributed by atoms with van der Waals surface area (Å²) >= 11 is 2.54. The lowest BCUT2D eigenvalue weighted by molar-refractivity contribution is -0.113. The summed E-state index contributed by atoms with van der Waals surface area (Å²) in [5.41, 5.74) is 6.74. The Morgan fingerprint density at radius 1 is 0.867 bits per heavy atom. The minimum Gasteiger partial charge on any atom is -0.325 e. The number of hydrogen-bond acceptors (Lipinski definition) is 6. The first-order valence-corrected chi connectivity index (χ1v) is 11.2. The van der Waals surface area contributed by atoms with Crippen molar-refractivity contribution in [3.8, 4) is 0 Å². The van der Waals surface area contributed by atoms with Gasteiger partial charge in [-0.1, -0.05) is 58.0 Å². The Kier molecular flexibility index (Phi) is 6.89. The van der Waals surface area contributed by atoms with Gasteiger partial charge in [0, 0.05) is 11.3 Å². The third kappa shape index (κ3) is 5.67. The van der Waals surface area contributed by atoms with E-state index in [1.165, 1.54) is 28.7 Å². The van der Waals surface area contributed by atoms with E-state index in [1.807, 2.05) is 65.0 Å². The molecule has 0 aliphatic carbocycles. The topological polar surface area (TPSA) is 84.0 Å². The van der Waals surface area contributed by atoms with Gasteiger partial charge in [-0.15, -0.1) is 10.2 Å². The van der Waals surface area contributed by atoms with E-state index in [0.29, 0.717) is 15.0 Å². The van der Waals surface area contributed by atoms with Crippen LogP contribution in [0.15, 0.2) is 34.7 Å². The lowest BCUT2D eigenvalue weighted by atomic mass is 10.1. The molecule has 3 aromatic rings. The van der Waals surface area contributed by atoms with E-state index in [2.05, 4.69) is 20.8 Å². The minimum atomic E-state index is -0.224. The van der Waals surface area contributed by atoms with Crippen LogP contribution < -0.4 is 10.6 Å². The fourth-order valence-corrected chi connectivity index (χ4v) is 4.82. The Balaban J connectivity index is 1.57. The number of anilines is 2. The molecule has 3 rings (SSSR count). The normalized spacial score (nSPS) is 10.7. The van der Waals surface area contributed by atoms with Crippen molar-refractivity contribution in [1.29, 1.82) is 0 Å². The molecule has 0 aliphatic rings. The van der Waals surface area contributed by atoms with Crippen LogP contribution in [0.4, 0.5) is 10.8 Å². The van der Waals surface area contributed by atoms with Gasteiger partial charge in [0.1, 0.15) is 0 Å². The molecule has 0 unspecified atom stereocenters. The molecule has 0 radical (unpaired) electrons. The van der Waals surface area contributed by atoms with E-state index >= 15 is 0 Å². The fraction of sp³-hybridized carbons (Fsp3) is 0.273. The first-order chi connectivity index (χ1) is 14.2. The van der Waals surface area contributed by atoms with E-state index in [4.69, 9.17) is 0 Å². The van der Waals surface area contributed by atoms with Gasteiger partial charge in [-0.05, 0) is 57.9 Å². The molecule has 0 fully saturated rings. The third-order valence-electron chi connectivity index (χ3n) is 4.38. The zero-order chi connectivity index (χ0) is 21.8. The highest BCUT2D eigenvalue weighted by Gasteiger charge is 2.13. The molecule has 6 nitrogen and oxygen atoms in total. The van der Waals surface area contributed by atoms with Crippen LogP contribution in [0.5, 0.6) is 0 Å². The minimum absolute atomic E-state index is 0.105. The molecule has 8 heteroatoms. The van der Waals surface area contributed by atoms with Crippen LogP contribution in [0.2, 0.25) is 0 Å². The third-order valence-corrected chi connectivity index (χ3v) is 6.35. The SMILES string of the molecule is Cc1cc(C)cc(C(=O)Nc2nnc(SCC(=O)Nc3c(C)cc(C)cc3C)s2)c1. The number of nitrogens with one attached hydrogen (secondary N) is 2. The number of benzene rings is 2. The molecule has 0 spiro atoms. The van der Waals surface area contributed by atoms with Gasteiger partial charge in [0.2, 0.25) is 11.0 Å². The van der Waals surface area contributed by atoms with Gasteiger partial charge < -0.3 is 5.32 Å². The zero-order valence-corrected chi connectivity index (χ0v) is 19.3. The summed E-state index contributed by atoms with van der Waals surface area (Å²) in [7, 11) is 0. The summed E-state index contributed by atoms with van der Waals surface area (Å²) < 4.78 is 0.623. The number of aromatic nitrogens is 2. The predicted octanol–water partition coefficient (Wildman–Crippen LogP) is 5.06. The van der Waals surface area contributed by atoms with Crippen molar-refractivity contribution in [3.63, 3.8) is 0 Å². The van der Waals surface area contributed by atoms with Crippen molar-refractivity contribution in [2.24, 2.45) is 0 Å². The summed E-state index contributed by atoms with van der Waals surface area (Å²) in [6, 6.07) is 9.77. The number of carbonyl (C=O) groups is 2. The number of amides is 2. The monoisotopic (exact) mass is 440 g/mol. The van der Waals surface area contributed by atoms with E-state index in [0.717, 1.165) is 27.9 Å². The maximum absolute atomic E-state index is 12.4. The van der Waals surface area contributed by atoms with Crippen LogP contribution >= 0.6 is 23.1 Å². The molecular weight excluding hydrogens is 416 g/mol. The first-order valence-electron chi connectivity index (χ1n) is 9.45. The fourth-order valence-electron chi connectivity index (χ4n) is 3.27. The van der Waals surface area contributed by atoms with Crippen LogP contribution in [0.25, 0.3) is 0 Å². The standard InChI is InChI=1S/C22H24N4O2S2/c1-12-6-13(2)10-17(9-12)20(28)24-21-25-26-22(30-21)29-11-18(27)23-19-15(4)7-14(3)8-16(19)5/h6-10H,11H2,1-5H3,(H,23,27)(H,24,25,28). The molecule has 0 atom stereocenters. The van der Waals surface area contributed by atoms with Gasteiger partial charge in [0.05, 0.1) is 5.75 Å².